The molecule has 1 aliphatic rings. The third kappa shape index (κ3) is 2.44. The number of aryl methyl sites for hydroxylation is 1. The number of nitrogens with one attached hydrogen (secondary N) is 1. The molecule has 0 spiro atoms. The predicted octanol–water partition coefficient (Wildman–Crippen LogP) is -0.647. The van der Waals surface area contributed by atoms with E-state index in [1.165, 1.54) is 4.68 Å². The molecule has 2 rings (SSSR count). The Balaban J connectivity index is 2.00. The summed E-state index contributed by atoms with van der Waals surface area (Å²) < 4.78 is 1.50. The molecule has 2 amide bonds. The molecule has 3 N–H and O–H groups in total. The maximum absolute atomic E-state index is 12.0. The van der Waals surface area contributed by atoms with Crippen LogP contribution in [-0.4, -0.2) is 46.1 Å². The number of anilines is 1. The van der Waals surface area contributed by atoms with Gasteiger partial charge in [-0.15, -0.1) is 0 Å². The Morgan fingerprint density at radius 2 is 2.28 bits per heavy atom. The molecule has 0 saturated carbocycles. The van der Waals surface area contributed by atoms with Crippen molar-refractivity contribution in [2.45, 2.75) is 18.9 Å². The van der Waals surface area contributed by atoms with Crippen molar-refractivity contribution in [3.05, 3.63) is 11.9 Å². The highest BCUT2D eigenvalue weighted by molar-refractivity contribution is 5.97. The van der Waals surface area contributed by atoms with Crippen LogP contribution in [0.4, 0.5) is 5.69 Å². The van der Waals surface area contributed by atoms with Crippen LogP contribution in [0.15, 0.2) is 6.20 Å². The second kappa shape index (κ2) is 4.67. The second-order valence-corrected chi connectivity index (χ2v) is 4.59. The van der Waals surface area contributed by atoms with Gasteiger partial charge >= 0.3 is 0 Å². The highest BCUT2D eigenvalue weighted by Crippen LogP contribution is 2.12. The van der Waals surface area contributed by atoms with Crippen LogP contribution in [0.3, 0.4) is 0 Å². The standard InChI is InChI=1S/C11H17N5O2/c1-15-5-7(3-4-9(15)17)13-11(18)10-8(12)6-16(2)14-10/h6-7H,3-5,12H2,1-2H3,(H,13,18). The van der Waals surface area contributed by atoms with Gasteiger partial charge in [-0.3, -0.25) is 14.3 Å². The Morgan fingerprint density at radius 3 is 2.83 bits per heavy atom. The van der Waals surface area contributed by atoms with Gasteiger partial charge in [0.2, 0.25) is 5.91 Å². The fourth-order valence-corrected chi connectivity index (χ4v) is 2.07. The number of hydrogen-bond acceptors (Lipinski definition) is 4. The lowest BCUT2D eigenvalue weighted by Crippen LogP contribution is -2.48. The van der Waals surface area contributed by atoms with E-state index in [9.17, 15) is 9.59 Å². The molecule has 1 aromatic rings. The van der Waals surface area contributed by atoms with E-state index < -0.39 is 0 Å². The number of likely N-dealkylation sites (tertiary alicyclic amines) is 1. The smallest absolute Gasteiger partial charge is 0.274 e. The van der Waals surface area contributed by atoms with Crippen LogP contribution in [0.2, 0.25) is 0 Å². The molecule has 18 heavy (non-hydrogen) atoms. The minimum atomic E-state index is -0.291. The van der Waals surface area contributed by atoms with Crippen molar-refractivity contribution >= 4 is 17.5 Å². The first-order valence-electron chi connectivity index (χ1n) is 5.81. The Kier molecular flexibility index (Phi) is 3.22. The topological polar surface area (TPSA) is 93.2 Å². The quantitative estimate of drug-likeness (QED) is 0.730. The van der Waals surface area contributed by atoms with Gasteiger partial charge in [0.25, 0.3) is 5.91 Å². The third-order valence-corrected chi connectivity index (χ3v) is 3.03. The van der Waals surface area contributed by atoms with Crippen molar-refractivity contribution in [2.24, 2.45) is 7.05 Å². The Bertz CT molecular complexity index is 482. The van der Waals surface area contributed by atoms with Gasteiger partial charge in [0.15, 0.2) is 5.69 Å². The molecule has 0 aromatic carbocycles. The average Bonchev–Trinajstić information content (AvgIpc) is 2.63. The summed E-state index contributed by atoms with van der Waals surface area (Å²) in [6.45, 7) is 0.525. The van der Waals surface area contributed by atoms with Crippen molar-refractivity contribution in [3.63, 3.8) is 0 Å². The van der Waals surface area contributed by atoms with Crippen LogP contribution in [0.25, 0.3) is 0 Å². The number of amides is 2. The minimum absolute atomic E-state index is 0.0402. The predicted molar refractivity (Wildman–Crippen MR) is 65.7 cm³/mol. The molecule has 1 saturated heterocycles. The Morgan fingerprint density at radius 1 is 1.56 bits per heavy atom. The summed E-state index contributed by atoms with van der Waals surface area (Å²) in [5, 5.41) is 6.86. The molecule has 98 valence electrons. The van der Waals surface area contributed by atoms with Gasteiger partial charge in [-0.25, -0.2) is 0 Å². The van der Waals surface area contributed by atoms with Gasteiger partial charge in [0.1, 0.15) is 0 Å². The van der Waals surface area contributed by atoms with E-state index in [2.05, 4.69) is 10.4 Å². The normalized spacial score (nSPS) is 20.0. The fourth-order valence-electron chi connectivity index (χ4n) is 2.07. The first-order chi connectivity index (χ1) is 8.47. The summed E-state index contributed by atoms with van der Waals surface area (Å²) in [4.78, 5) is 24.9. The fraction of sp³-hybridized carbons (Fsp3) is 0.545. The lowest BCUT2D eigenvalue weighted by Gasteiger charge is -2.29. The maximum atomic E-state index is 12.0. The van der Waals surface area contributed by atoms with Gasteiger partial charge in [-0.1, -0.05) is 0 Å². The van der Waals surface area contributed by atoms with Crippen LogP contribution < -0.4 is 11.1 Å². The highest BCUT2D eigenvalue weighted by Gasteiger charge is 2.25. The number of nitrogen functional groups attached to an aromatic ring is 1. The summed E-state index contributed by atoms with van der Waals surface area (Å²) in [5.41, 5.74) is 6.28. The van der Waals surface area contributed by atoms with E-state index in [4.69, 9.17) is 5.73 Å². The molecule has 1 atom stereocenters. The Labute approximate surface area is 105 Å². The molecular weight excluding hydrogens is 234 g/mol. The van der Waals surface area contributed by atoms with Crippen LogP contribution >= 0.6 is 0 Å². The van der Waals surface area contributed by atoms with Gasteiger partial charge in [0, 0.05) is 39.3 Å². The zero-order valence-electron chi connectivity index (χ0n) is 10.5. The number of rotatable bonds is 2. The van der Waals surface area contributed by atoms with E-state index in [1.807, 2.05) is 0 Å². The first-order valence-corrected chi connectivity index (χ1v) is 5.81. The molecule has 0 aliphatic carbocycles. The highest BCUT2D eigenvalue weighted by atomic mass is 16.2. The molecule has 0 bridgehead atoms. The third-order valence-electron chi connectivity index (χ3n) is 3.03. The van der Waals surface area contributed by atoms with Crippen LogP contribution in [0.5, 0.6) is 0 Å². The molecule has 0 radical (unpaired) electrons. The number of carbonyl (C=O) groups excluding carboxylic acids is 2. The molecule has 2 heterocycles. The molecule has 1 aromatic heterocycles. The average molecular weight is 251 g/mol. The summed E-state index contributed by atoms with van der Waals surface area (Å²) in [6, 6.07) is -0.0402. The second-order valence-electron chi connectivity index (χ2n) is 4.59. The Hall–Kier alpha value is -2.05. The van der Waals surface area contributed by atoms with E-state index in [0.29, 0.717) is 25.1 Å². The monoisotopic (exact) mass is 251 g/mol. The van der Waals surface area contributed by atoms with Crippen molar-refractivity contribution in [2.75, 3.05) is 19.3 Å². The molecule has 1 aliphatic heterocycles. The minimum Gasteiger partial charge on any atom is -0.396 e. The zero-order valence-corrected chi connectivity index (χ0v) is 10.5. The van der Waals surface area contributed by atoms with Crippen LogP contribution in [0, 0.1) is 0 Å². The lowest BCUT2D eigenvalue weighted by molar-refractivity contribution is -0.132. The maximum Gasteiger partial charge on any atom is 0.274 e. The summed E-state index contributed by atoms with van der Waals surface area (Å²) in [7, 11) is 3.44. The zero-order chi connectivity index (χ0) is 13.3. The van der Waals surface area contributed by atoms with Gasteiger partial charge < -0.3 is 16.0 Å². The van der Waals surface area contributed by atoms with Gasteiger partial charge in [-0.05, 0) is 6.42 Å². The summed E-state index contributed by atoms with van der Waals surface area (Å²) in [6.07, 6.45) is 2.70. The van der Waals surface area contributed by atoms with E-state index >= 15 is 0 Å². The van der Waals surface area contributed by atoms with Crippen molar-refractivity contribution in [3.8, 4) is 0 Å². The summed E-state index contributed by atoms with van der Waals surface area (Å²) in [5.74, 6) is -0.182. The number of piperidine rings is 1. The van der Waals surface area contributed by atoms with Gasteiger partial charge in [0.05, 0.1) is 5.69 Å². The number of hydrogen-bond donors (Lipinski definition) is 2. The number of carbonyl (C=O) groups is 2. The number of likely N-dealkylation sites (N-methyl/N-ethyl adjacent to an activating group) is 1. The van der Waals surface area contributed by atoms with Gasteiger partial charge in [-0.2, -0.15) is 5.10 Å². The van der Waals surface area contributed by atoms with E-state index in [0.717, 1.165) is 0 Å². The SMILES string of the molecule is CN1CC(NC(=O)c2nn(C)cc2N)CCC1=O. The van der Waals surface area contributed by atoms with E-state index in [1.54, 1.807) is 25.2 Å². The molecule has 7 nitrogen and oxygen atoms in total. The first kappa shape index (κ1) is 12.4. The van der Waals surface area contributed by atoms with E-state index in [-0.39, 0.29) is 23.6 Å². The molecular formula is C11H17N5O2. The largest absolute Gasteiger partial charge is 0.396 e. The molecule has 7 heteroatoms. The van der Waals surface area contributed by atoms with Crippen LogP contribution in [-0.2, 0) is 11.8 Å². The van der Waals surface area contributed by atoms with Crippen LogP contribution in [0.1, 0.15) is 23.3 Å². The van der Waals surface area contributed by atoms with Crippen molar-refractivity contribution in [1.82, 2.24) is 20.0 Å². The van der Waals surface area contributed by atoms with Crippen molar-refractivity contribution < 1.29 is 9.59 Å². The summed E-state index contributed by atoms with van der Waals surface area (Å²) >= 11 is 0. The van der Waals surface area contributed by atoms with Crippen molar-refractivity contribution in [1.29, 1.82) is 0 Å². The lowest BCUT2D eigenvalue weighted by atomic mass is 10.1. The molecule has 1 fully saturated rings. The molecule has 1 unspecified atom stereocenters. The number of nitrogens with zero attached hydrogens (tertiary/aromatic N) is 3. The number of nitrogens with two attached hydrogens (primary N) is 1. The number of aromatic nitrogens is 2.